The third-order valence-corrected chi connectivity index (χ3v) is 1.47. The van der Waals surface area contributed by atoms with Crippen LogP contribution in [0.4, 0.5) is 0 Å². The Kier molecular flexibility index (Phi) is 4.73. The molecule has 10 heavy (non-hydrogen) atoms. The van der Waals surface area contributed by atoms with E-state index in [1.165, 1.54) is 12.8 Å². The molecule has 0 spiro atoms. The van der Waals surface area contributed by atoms with Gasteiger partial charge in [-0.1, -0.05) is 26.5 Å². The Morgan fingerprint density at radius 1 is 1.40 bits per heavy atom. The molecule has 0 aliphatic rings. The van der Waals surface area contributed by atoms with Gasteiger partial charge in [-0.3, -0.25) is 0 Å². The quantitative estimate of drug-likeness (QED) is 0.421. The highest BCUT2D eigenvalue weighted by molar-refractivity contribution is 5.18. The van der Waals surface area contributed by atoms with Gasteiger partial charge in [-0.05, 0) is 18.4 Å². The smallest absolute Gasteiger partial charge is 0.114 e. The lowest BCUT2D eigenvalue weighted by atomic mass is 10.1. The Morgan fingerprint density at radius 2 is 2.00 bits per heavy atom. The van der Waals surface area contributed by atoms with Gasteiger partial charge in [0.2, 0.25) is 0 Å². The first-order chi connectivity index (χ1) is 4.72. The predicted octanol–water partition coefficient (Wildman–Crippen LogP) is 2.89. The maximum atomic E-state index is 4.92. The fraction of sp³-hybridized carbons (Fsp3) is 0.556. The van der Waals surface area contributed by atoms with E-state index in [4.69, 9.17) is 4.74 Å². The number of unbranched alkanes of at least 4 members (excludes halogenated alkanes) is 1. The first-order valence-electron chi connectivity index (χ1n) is 3.63. The van der Waals surface area contributed by atoms with E-state index in [0.717, 1.165) is 12.0 Å². The Bertz CT molecular complexity index is 125. The number of ether oxygens (including phenoxy) is 1. The van der Waals surface area contributed by atoms with E-state index in [2.05, 4.69) is 20.1 Å². The van der Waals surface area contributed by atoms with Crippen LogP contribution in [0, 0.1) is 0 Å². The van der Waals surface area contributed by atoms with Crippen molar-refractivity contribution in [2.75, 3.05) is 7.11 Å². The molecule has 0 atom stereocenters. The Balaban J connectivity index is 3.52. The van der Waals surface area contributed by atoms with Crippen molar-refractivity contribution < 1.29 is 4.74 Å². The van der Waals surface area contributed by atoms with Crippen LogP contribution in [0.15, 0.2) is 24.5 Å². The SMILES string of the molecule is C=C(CCCC)C(=C)OC. The molecular formula is C9H16O. The van der Waals surface area contributed by atoms with Gasteiger partial charge in [-0.25, -0.2) is 0 Å². The van der Waals surface area contributed by atoms with Crippen LogP contribution < -0.4 is 0 Å². The van der Waals surface area contributed by atoms with E-state index in [9.17, 15) is 0 Å². The van der Waals surface area contributed by atoms with Gasteiger partial charge in [0.1, 0.15) is 5.76 Å². The van der Waals surface area contributed by atoms with E-state index < -0.39 is 0 Å². The molecule has 0 aromatic rings. The van der Waals surface area contributed by atoms with Gasteiger partial charge in [-0.15, -0.1) is 0 Å². The Hall–Kier alpha value is -0.720. The first-order valence-corrected chi connectivity index (χ1v) is 3.63. The molecule has 0 unspecified atom stereocenters. The Labute approximate surface area is 63.4 Å². The molecule has 0 aromatic heterocycles. The molecular weight excluding hydrogens is 124 g/mol. The summed E-state index contributed by atoms with van der Waals surface area (Å²) in [5.74, 6) is 0.716. The summed E-state index contributed by atoms with van der Waals surface area (Å²) >= 11 is 0. The predicted molar refractivity (Wildman–Crippen MR) is 44.8 cm³/mol. The average Bonchev–Trinajstić information content (AvgIpc) is 1.98. The monoisotopic (exact) mass is 140 g/mol. The summed E-state index contributed by atoms with van der Waals surface area (Å²) in [6.45, 7) is 9.70. The second-order valence-electron chi connectivity index (χ2n) is 2.33. The van der Waals surface area contributed by atoms with Crippen molar-refractivity contribution in [2.45, 2.75) is 26.2 Å². The van der Waals surface area contributed by atoms with Gasteiger partial charge in [0.15, 0.2) is 0 Å². The zero-order valence-corrected chi connectivity index (χ0v) is 6.94. The van der Waals surface area contributed by atoms with Crippen LogP contribution in [0.1, 0.15) is 26.2 Å². The molecule has 0 amide bonds. The van der Waals surface area contributed by atoms with Crippen LogP contribution in [0.5, 0.6) is 0 Å². The molecule has 1 nitrogen and oxygen atoms in total. The van der Waals surface area contributed by atoms with Crippen molar-refractivity contribution in [3.8, 4) is 0 Å². The van der Waals surface area contributed by atoms with E-state index >= 15 is 0 Å². The number of allylic oxidation sites excluding steroid dienone is 1. The molecule has 0 rings (SSSR count). The molecule has 0 saturated carbocycles. The summed E-state index contributed by atoms with van der Waals surface area (Å²) in [7, 11) is 1.62. The van der Waals surface area contributed by atoms with Gasteiger partial charge in [0, 0.05) is 0 Å². The normalized spacial score (nSPS) is 9.00. The second kappa shape index (κ2) is 5.10. The van der Waals surface area contributed by atoms with E-state index in [0.29, 0.717) is 5.76 Å². The minimum Gasteiger partial charge on any atom is -0.497 e. The van der Waals surface area contributed by atoms with Crippen molar-refractivity contribution in [2.24, 2.45) is 0 Å². The second-order valence-corrected chi connectivity index (χ2v) is 2.33. The van der Waals surface area contributed by atoms with Crippen LogP contribution in [0.2, 0.25) is 0 Å². The summed E-state index contributed by atoms with van der Waals surface area (Å²) in [5, 5.41) is 0. The molecule has 0 saturated heterocycles. The highest BCUT2D eigenvalue weighted by Gasteiger charge is 1.96. The van der Waals surface area contributed by atoms with Crippen LogP contribution in [0.25, 0.3) is 0 Å². The third kappa shape index (κ3) is 3.33. The first kappa shape index (κ1) is 9.28. The van der Waals surface area contributed by atoms with E-state index in [1.807, 2.05) is 0 Å². The highest BCUT2D eigenvalue weighted by atomic mass is 16.5. The summed E-state index contributed by atoms with van der Waals surface area (Å²) in [5.41, 5.74) is 1.02. The fourth-order valence-electron chi connectivity index (χ4n) is 0.674. The van der Waals surface area contributed by atoms with Crippen molar-refractivity contribution >= 4 is 0 Å². The zero-order chi connectivity index (χ0) is 7.98. The number of hydrogen-bond acceptors (Lipinski definition) is 1. The van der Waals surface area contributed by atoms with Gasteiger partial charge >= 0.3 is 0 Å². The largest absolute Gasteiger partial charge is 0.497 e. The molecule has 0 aliphatic heterocycles. The van der Waals surface area contributed by atoms with Crippen molar-refractivity contribution in [3.63, 3.8) is 0 Å². The lowest BCUT2D eigenvalue weighted by molar-refractivity contribution is 0.300. The van der Waals surface area contributed by atoms with Crippen LogP contribution in [0.3, 0.4) is 0 Å². The van der Waals surface area contributed by atoms with Crippen molar-refractivity contribution in [1.29, 1.82) is 0 Å². The van der Waals surface area contributed by atoms with Crippen LogP contribution in [-0.4, -0.2) is 7.11 Å². The van der Waals surface area contributed by atoms with E-state index in [-0.39, 0.29) is 0 Å². The molecule has 58 valence electrons. The molecule has 0 bridgehead atoms. The average molecular weight is 140 g/mol. The molecule has 0 fully saturated rings. The standard InChI is InChI=1S/C9H16O/c1-5-6-7-8(2)9(3)10-4/h2-3,5-7H2,1,4H3. The van der Waals surface area contributed by atoms with Crippen LogP contribution in [-0.2, 0) is 4.74 Å². The molecule has 0 radical (unpaired) electrons. The summed E-state index contributed by atoms with van der Waals surface area (Å²) in [6, 6.07) is 0. The summed E-state index contributed by atoms with van der Waals surface area (Å²) < 4.78 is 4.92. The molecule has 1 heteroatoms. The topological polar surface area (TPSA) is 9.23 Å². The van der Waals surface area contributed by atoms with Crippen LogP contribution >= 0.6 is 0 Å². The molecule has 0 aromatic carbocycles. The van der Waals surface area contributed by atoms with Gasteiger partial charge in [0.05, 0.1) is 7.11 Å². The van der Waals surface area contributed by atoms with E-state index in [1.54, 1.807) is 7.11 Å². The molecule has 0 aliphatic carbocycles. The third-order valence-electron chi connectivity index (χ3n) is 1.47. The number of rotatable bonds is 5. The minimum absolute atomic E-state index is 0.716. The van der Waals surface area contributed by atoms with Gasteiger partial charge in [-0.2, -0.15) is 0 Å². The van der Waals surface area contributed by atoms with Gasteiger partial charge in [0.25, 0.3) is 0 Å². The van der Waals surface area contributed by atoms with Crippen molar-refractivity contribution in [1.82, 2.24) is 0 Å². The Morgan fingerprint density at radius 3 is 2.40 bits per heavy atom. The molecule has 0 N–H and O–H groups in total. The maximum Gasteiger partial charge on any atom is 0.114 e. The van der Waals surface area contributed by atoms with Gasteiger partial charge < -0.3 is 4.74 Å². The fourth-order valence-corrected chi connectivity index (χ4v) is 0.674. The molecule has 0 heterocycles. The van der Waals surface area contributed by atoms with Crippen molar-refractivity contribution in [3.05, 3.63) is 24.5 Å². The number of methoxy groups -OCH3 is 1. The number of hydrogen-bond donors (Lipinski definition) is 0. The summed E-state index contributed by atoms with van der Waals surface area (Å²) in [4.78, 5) is 0. The highest BCUT2D eigenvalue weighted by Crippen LogP contribution is 2.12. The lowest BCUT2D eigenvalue weighted by Crippen LogP contribution is -1.88. The summed E-state index contributed by atoms with van der Waals surface area (Å²) in [6.07, 6.45) is 3.36. The zero-order valence-electron chi connectivity index (χ0n) is 6.94. The lowest BCUT2D eigenvalue weighted by Gasteiger charge is -2.05. The maximum absolute atomic E-state index is 4.92. The minimum atomic E-state index is 0.716.